The molecule has 4 aromatic rings. The monoisotopic (exact) mass is 489 g/mol. The first-order valence-electron chi connectivity index (χ1n) is 12.0. The van der Waals surface area contributed by atoms with Crippen molar-refractivity contribution in [3.05, 3.63) is 84.2 Å². The minimum Gasteiger partial charge on any atom is -0.340 e. The summed E-state index contributed by atoms with van der Waals surface area (Å²) in [6, 6.07) is 22.3. The zero-order chi connectivity index (χ0) is 25.4. The van der Waals surface area contributed by atoms with Gasteiger partial charge in [-0.15, -0.1) is 0 Å². The first-order chi connectivity index (χ1) is 16.9. The summed E-state index contributed by atoms with van der Waals surface area (Å²) in [5.74, 6) is 1.33. The van der Waals surface area contributed by atoms with E-state index in [0.29, 0.717) is 5.75 Å². The molecule has 35 heavy (non-hydrogen) atoms. The van der Waals surface area contributed by atoms with Gasteiger partial charge in [-0.2, -0.15) is 5.10 Å². The third kappa shape index (κ3) is 6.79. The Balaban J connectivity index is 0.00000108. The molecule has 7 heteroatoms. The predicted molar refractivity (Wildman–Crippen MR) is 149 cm³/mol. The fourth-order valence-electron chi connectivity index (χ4n) is 3.53. The molecule has 2 aromatic carbocycles. The molecule has 0 bridgehead atoms. The Bertz CT molecular complexity index is 1270. The Kier molecular flexibility index (Phi) is 9.20. The summed E-state index contributed by atoms with van der Waals surface area (Å²) in [6.45, 7) is 10.2. The number of hydrogen-bond acceptors (Lipinski definition) is 4. The van der Waals surface area contributed by atoms with Gasteiger partial charge in [-0.1, -0.05) is 39.3 Å². The minimum atomic E-state index is -1.02. The number of nitrogens with zero attached hydrogens (tertiary/aromatic N) is 4. The molecule has 1 atom stereocenters. The normalized spacial score (nSPS) is 11.4. The highest BCUT2D eigenvalue weighted by Crippen LogP contribution is 2.27. The fraction of sp³-hybridized carbons (Fsp3) is 0.286. The Morgan fingerprint density at radius 3 is 2.34 bits per heavy atom. The van der Waals surface area contributed by atoms with Crippen LogP contribution in [0, 0.1) is 13.8 Å². The van der Waals surface area contributed by atoms with Crippen LogP contribution in [0.5, 0.6) is 0 Å². The van der Waals surface area contributed by atoms with Gasteiger partial charge < -0.3 is 5.32 Å². The highest BCUT2D eigenvalue weighted by Gasteiger charge is 2.12. The number of benzene rings is 2. The van der Waals surface area contributed by atoms with Gasteiger partial charge in [-0.3, -0.25) is 4.31 Å². The molecule has 1 unspecified atom stereocenters. The molecule has 0 fully saturated rings. The summed E-state index contributed by atoms with van der Waals surface area (Å²) in [5.41, 5.74) is 7.04. The third-order valence-electron chi connectivity index (χ3n) is 5.19. The van der Waals surface area contributed by atoms with Gasteiger partial charge in [0.2, 0.25) is 0 Å². The maximum absolute atomic E-state index is 12.0. The van der Waals surface area contributed by atoms with E-state index in [1.165, 1.54) is 12.0 Å². The van der Waals surface area contributed by atoms with Crippen LogP contribution in [0.25, 0.3) is 16.9 Å². The van der Waals surface area contributed by atoms with Crippen LogP contribution >= 0.6 is 0 Å². The highest BCUT2D eigenvalue weighted by atomic mass is 32.2. The average molecular weight is 490 g/mol. The van der Waals surface area contributed by atoms with Gasteiger partial charge in [-0.25, -0.2) is 13.9 Å². The molecule has 2 heterocycles. The highest BCUT2D eigenvalue weighted by molar-refractivity contribution is 7.86. The van der Waals surface area contributed by atoms with Gasteiger partial charge in [0.25, 0.3) is 0 Å². The van der Waals surface area contributed by atoms with Crippen molar-refractivity contribution in [3.8, 4) is 16.9 Å². The number of aromatic nitrogens is 3. The smallest absolute Gasteiger partial charge is 0.130 e. The second-order valence-corrected chi connectivity index (χ2v) is 10.1. The van der Waals surface area contributed by atoms with E-state index in [1.807, 2.05) is 68.0 Å². The maximum Gasteiger partial charge on any atom is 0.130 e. The lowest BCUT2D eigenvalue weighted by Gasteiger charge is -2.17. The van der Waals surface area contributed by atoms with E-state index in [4.69, 9.17) is 5.10 Å². The van der Waals surface area contributed by atoms with Gasteiger partial charge in [0.1, 0.15) is 16.8 Å². The van der Waals surface area contributed by atoms with Crippen LogP contribution in [0.15, 0.2) is 72.9 Å². The van der Waals surface area contributed by atoms with Crippen molar-refractivity contribution < 1.29 is 4.21 Å². The summed E-state index contributed by atoms with van der Waals surface area (Å²) in [7, 11) is 0.823. The van der Waals surface area contributed by atoms with Gasteiger partial charge in [0.15, 0.2) is 0 Å². The van der Waals surface area contributed by atoms with Crippen LogP contribution in [0.1, 0.15) is 38.4 Å². The first kappa shape index (κ1) is 26.2. The molecule has 0 saturated heterocycles. The van der Waals surface area contributed by atoms with Gasteiger partial charge in [0.05, 0.1) is 17.1 Å². The summed E-state index contributed by atoms with van der Waals surface area (Å²) in [4.78, 5) is 4.48. The van der Waals surface area contributed by atoms with E-state index >= 15 is 0 Å². The lowest BCUT2D eigenvalue weighted by atomic mass is 10.1. The molecule has 184 valence electrons. The number of nitrogens with one attached hydrogen (secondary N) is 1. The summed E-state index contributed by atoms with van der Waals surface area (Å²) in [6.07, 6.45) is 3.05. The van der Waals surface area contributed by atoms with E-state index in [1.54, 1.807) is 10.5 Å². The number of aryl methyl sites for hydroxylation is 2. The zero-order valence-electron chi connectivity index (χ0n) is 21.4. The molecule has 0 amide bonds. The topological polar surface area (TPSA) is 63.1 Å². The summed E-state index contributed by atoms with van der Waals surface area (Å²) in [5, 5.41) is 8.07. The fourth-order valence-corrected chi connectivity index (χ4v) is 4.28. The van der Waals surface area contributed by atoms with Crippen molar-refractivity contribution >= 4 is 28.2 Å². The van der Waals surface area contributed by atoms with E-state index in [9.17, 15) is 4.21 Å². The van der Waals surface area contributed by atoms with Crippen molar-refractivity contribution in [2.45, 2.75) is 41.0 Å². The van der Waals surface area contributed by atoms with Gasteiger partial charge in [-0.05, 0) is 74.0 Å². The summed E-state index contributed by atoms with van der Waals surface area (Å²) >= 11 is 0. The largest absolute Gasteiger partial charge is 0.340 e. The van der Waals surface area contributed by atoms with E-state index < -0.39 is 11.0 Å². The van der Waals surface area contributed by atoms with Crippen molar-refractivity contribution in [2.75, 3.05) is 22.4 Å². The second kappa shape index (κ2) is 12.3. The average Bonchev–Trinajstić information content (AvgIpc) is 3.26. The molecule has 0 aliphatic rings. The molecule has 6 nitrogen and oxygen atoms in total. The SMILES string of the molecule is CCC.CCS(=O)N(C)c1ccc(Nc2cc(-c3cc(C)nn3-c3cccc(C)c3)ccn2)cc1. The molecule has 0 aliphatic carbocycles. The molecule has 1 N–H and O–H groups in total. The molecule has 0 aliphatic heterocycles. The molecular weight excluding hydrogens is 454 g/mol. The number of anilines is 3. The van der Waals surface area contributed by atoms with Gasteiger partial charge >= 0.3 is 0 Å². The van der Waals surface area contributed by atoms with Crippen molar-refractivity contribution in [2.24, 2.45) is 0 Å². The number of rotatable bonds is 7. The van der Waals surface area contributed by atoms with E-state index in [0.717, 1.165) is 39.8 Å². The van der Waals surface area contributed by atoms with Crippen LogP contribution in [-0.2, 0) is 11.0 Å². The Morgan fingerprint density at radius 1 is 0.971 bits per heavy atom. The zero-order valence-corrected chi connectivity index (χ0v) is 22.3. The van der Waals surface area contributed by atoms with Crippen LogP contribution in [0.2, 0.25) is 0 Å². The maximum atomic E-state index is 12.0. The first-order valence-corrected chi connectivity index (χ1v) is 13.2. The molecular formula is C28H35N5OS. The van der Waals surface area contributed by atoms with E-state index in [-0.39, 0.29) is 0 Å². The van der Waals surface area contributed by atoms with Crippen molar-refractivity contribution in [3.63, 3.8) is 0 Å². The Morgan fingerprint density at radius 2 is 1.69 bits per heavy atom. The van der Waals surface area contributed by atoms with Crippen molar-refractivity contribution in [1.29, 1.82) is 0 Å². The molecule has 0 saturated carbocycles. The lowest BCUT2D eigenvalue weighted by molar-refractivity contribution is 0.682. The number of pyridine rings is 1. The standard InChI is InChI=1S/C25H27N5OS.C3H8/c1-5-32(31)29(4)22-11-9-21(10-12-22)27-25-17-20(13-14-26-25)24-16-19(3)28-30(24)23-8-6-7-18(2)15-23;1-3-2/h6-17H,5H2,1-4H3,(H,26,27);3H2,1-2H3. The van der Waals surface area contributed by atoms with Crippen molar-refractivity contribution in [1.82, 2.24) is 14.8 Å². The molecule has 4 rings (SSSR count). The third-order valence-corrected chi connectivity index (χ3v) is 6.50. The predicted octanol–water partition coefficient (Wildman–Crippen LogP) is 6.83. The second-order valence-electron chi connectivity index (χ2n) is 8.34. The quantitative estimate of drug-likeness (QED) is 0.309. The summed E-state index contributed by atoms with van der Waals surface area (Å²) < 4.78 is 15.8. The lowest BCUT2D eigenvalue weighted by Crippen LogP contribution is -2.21. The Labute approximate surface area is 211 Å². The van der Waals surface area contributed by atoms with Gasteiger partial charge in [0, 0.05) is 35.9 Å². The number of hydrogen-bond donors (Lipinski definition) is 1. The molecule has 0 spiro atoms. The molecule has 2 aromatic heterocycles. The van der Waals surface area contributed by atoms with Crippen LogP contribution in [-0.4, -0.2) is 31.8 Å². The molecule has 0 radical (unpaired) electrons. The minimum absolute atomic E-state index is 0.589. The van der Waals surface area contributed by atoms with Crippen LogP contribution in [0.4, 0.5) is 17.2 Å². The van der Waals surface area contributed by atoms with E-state index in [2.05, 4.69) is 55.3 Å². The van der Waals surface area contributed by atoms with Crippen LogP contribution in [0.3, 0.4) is 0 Å². The van der Waals surface area contributed by atoms with Crippen LogP contribution < -0.4 is 9.62 Å². The Hall–Kier alpha value is -3.45.